The van der Waals surface area contributed by atoms with Crippen LogP contribution in [0.3, 0.4) is 0 Å². The molecule has 2 rings (SSSR count). The van der Waals surface area contributed by atoms with Gasteiger partial charge in [-0.3, -0.25) is 0 Å². The molecule has 1 aliphatic carbocycles. The Balaban J connectivity index is 2.39. The van der Waals surface area contributed by atoms with Crippen LogP contribution in [0.4, 0.5) is 0 Å². The number of carboxylic acid groups (broad SMARTS) is 1. The molecule has 7 heteroatoms. The average molecular weight is 314 g/mol. The zero-order valence-electron chi connectivity index (χ0n) is 12.6. The molecular formula is C14H22N2O4S. The first kappa shape index (κ1) is 16.0. The third-order valence-corrected chi connectivity index (χ3v) is 6.44. The predicted molar refractivity (Wildman–Crippen MR) is 79.0 cm³/mol. The van der Waals surface area contributed by atoms with Crippen molar-refractivity contribution >= 4 is 16.0 Å². The Labute approximate surface area is 125 Å². The number of nitrogens with one attached hydrogen (secondary N) is 1. The van der Waals surface area contributed by atoms with Crippen molar-refractivity contribution in [2.24, 2.45) is 5.92 Å². The van der Waals surface area contributed by atoms with Gasteiger partial charge in [0.15, 0.2) is 0 Å². The zero-order valence-corrected chi connectivity index (χ0v) is 13.5. The lowest BCUT2D eigenvalue weighted by Crippen LogP contribution is -2.37. The van der Waals surface area contributed by atoms with Gasteiger partial charge >= 0.3 is 5.97 Å². The van der Waals surface area contributed by atoms with Crippen LogP contribution in [0.5, 0.6) is 0 Å². The Hall–Kier alpha value is -1.34. The smallest absolute Gasteiger partial charge is 0.352 e. The average Bonchev–Trinajstić information content (AvgIpc) is 2.63. The molecule has 21 heavy (non-hydrogen) atoms. The summed E-state index contributed by atoms with van der Waals surface area (Å²) in [5, 5.41) is 9.12. The van der Waals surface area contributed by atoms with E-state index in [-0.39, 0.29) is 16.2 Å². The molecule has 1 aliphatic rings. The number of nitrogens with zero attached hydrogens (tertiary/aromatic N) is 1. The maximum Gasteiger partial charge on any atom is 0.352 e. The zero-order chi connectivity index (χ0) is 15.8. The van der Waals surface area contributed by atoms with E-state index in [1.165, 1.54) is 11.2 Å². The Morgan fingerprint density at radius 2 is 2.00 bits per heavy atom. The van der Waals surface area contributed by atoms with Crippen LogP contribution in [0.1, 0.15) is 47.9 Å². The molecule has 6 nitrogen and oxygen atoms in total. The van der Waals surface area contributed by atoms with Gasteiger partial charge in [-0.25, -0.2) is 13.2 Å². The fourth-order valence-corrected chi connectivity index (χ4v) is 4.76. The van der Waals surface area contributed by atoms with Crippen LogP contribution in [-0.4, -0.2) is 41.9 Å². The highest BCUT2D eigenvalue weighted by Crippen LogP contribution is 2.31. The number of rotatable bonds is 6. The highest BCUT2D eigenvalue weighted by atomic mass is 32.2. The number of aromatic nitrogens is 1. The van der Waals surface area contributed by atoms with E-state index in [1.54, 1.807) is 6.92 Å². The second kappa shape index (κ2) is 5.81. The van der Waals surface area contributed by atoms with E-state index in [2.05, 4.69) is 4.98 Å². The third-order valence-electron chi connectivity index (χ3n) is 4.22. The van der Waals surface area contributed by atoms with E-state index in [4.69, 9.17) is 5.11 Å². The topological polar surface area (TPSA) is 90.5 Å². The van der Waals surface area contributed by atoms with Crippen LogP contribution in [0.25, 0.3) is 0 Å². The van der Waals surface area contributed by atoms with Gasteiger partial charge in [0.2, 0.25) is 10.0 Å². The van der Waals surface area contributed by atoms with Crippen molar-refractivity contribution in [2.45, 2.75) is 44.9 Å². The number of aryl methyl sites for hydroxylation is 1. The highest BCUT2D eigenvalue weighted by Gasteiger charge is 2.33. The van der Waals surface area contributed by atoms with Crippen LogP contribution in [0.15, 0.2) is 4.90 Å². The van der Waals surface area contributed by atoms with Crippen molar-refractivity contribution < 1.29 is 18.3 Å². The van der Waals surface area contributed by atoms with E-state index >= 15 is 0 Å². The number of H-pyrrole nitrogens is 1. The quantitative estimate of drug-likeness (QED) is 0.841. The molecule has 0 aromatic carbocycles. The molecule has 0 amide bonds. The normalized spacial score (nSPS) is 16.2. The van der Waals surface area contributed by atoms with Crippen LogP contribution in [0.2, 0.25) is 0 Å². The fourth-order valence-electron chi connectivity index (χ4n) is 2.82. The molecule has 2 N–H and O–H groups in total. The lowest BCUT2D eigenvalue weighted by atomic mass is 9.85. The molecular weight excluding hydrogens is 292 g/mol. The molecule has 1 fully saturated rings. The van der Waals surface area contributed by atoms with Gasteiger partial charge in [0.25, 0.3) is 0 Å². The number of aromatic amines is 1. The summed E-state index contributed by atoms with van der Waals surface area (Å²) in [5.74, 6) is -0.711. The molecule has 0 saturated heterocycles. The van der Waals surface area contributed by atoms with Gasteiger partial charge in [0.1, 0.15) is 10.6 Å². The molecule has 1 aromatic rings. The number of carbonyl (C=O) groups is 1. The fraction of sp³-hybridized carbons (Fsp3) is 0.643. The van der Waals surface area contributed by atoms with Gasteiger partial charge < -0.3 is 10.1 Å². The number of sulfonamides is 1. The Morgan fingerprint density at radius 3 is 2.38 bits per heavy atom. The maximum absolute atomic E-state index is 12.8. The second-order valence-electron chi connectivity index (χ2n) is 5.64. The first-order chi connectivity index (χ1) is 9.78. The van der Waals surface area contributed by atoms with Crippen molar-refractivity contribution in [3.63, 3.8) is 0 Å². The monoisotopic (exact) mass is 314 g/mol. The predicted octanol–water partition coefficient (Wildman–Crippen LogP) is 2.14. The summed E-state index contributed by atoms with van der Waals surface area (Å²) in [6.45, 7) is 5.86. The van der Waals surface area contributed by atoms with Crippen molar-refractivity contribution in [3.8, 4) is 0 Å². The van der Waals surface area contributed by atoms with Crippen LogP contribution >= 0.6 is 0 Å². The number of carboxylic acids is 1. The number of aromatic carboxylic acids is 1. The summed E-state index contributed by atoms with van der Waals surface area (Å²) in [6.07, 6.45) is 3.29. The van der Waals surface area contributed by atoms with Crippen LogP contribution in [-0.2, 0) is 10.0 Å². The summed E-state index contributed by atoms with van der Waals surface area (Å²) in [5.41, 5.74) is 0.620. The van der Waals surface area contributed by atoms with Crippen molar-refractivity contribution in [2.75, 3.05) is 13.1 Å². The van der Waals surface area contributed by atoms with Gasteiger partial charge in [-0.1, -0.05) is 13.3 Å². The van der Waals surface area contributed by atoms with Crippen molar-refractivity contribution in [1.29, 1.82) is 0 Å². The number of hydrogen-bond acceptors (Lipinski definition) is 3. The first-order valence-electron chi connectivity index (χ1n) is 7.21. The van der Waals surface area contributed by atoms with E-state index in [0.717, 1.165) is 19.3 Å². The van der Waals surface area contributed by atoms with Crippen LogP contribution < -0.4 is 0 Å². The Morgan fingerprint density at radius 1 is 1.38 bits per heavy atom. The minimum Gasteiger partial charge on any atom is -0.477 e. The van der Waals surface area contributed by atoms with E-state index < -0.39 is 16.0 Å². The molecule has 1 aromatic heterocycles. The SMILES string of the molecule is CCN(CC1CCC1)S(=O)(=O)c1c(C)[nH]c(C(=O)O)c1C. The summed E-state index contributed by atoms with van der Waals surface area (Å²) in [6, 6.07) is 0. The summed E-state index contributed by atoms with van der Waals surface area (Å²) < 4.78 is 27.1. The van der Waals surface area contributed by atoms with Crippen LogP contribution in [0, 0.1) is 19.8 Å². The van der Waals surface area contributed by atoms with E-state index in [9.17, 15) is 13.2 Å². The molecule has 1 saturated carbocycles. The minimum absolute atomic E-state index is 0.0502. The maximum atomic E-state index is 12.8. The van der Waals surface area contributed by atoms with Gasteiger partial charge in [0, 0.05) is 24.3 Å². The van der Waals surface area contributed by atoms with Gasteiger partial charge in [0.05, 0.1) is 0 Å². The van der Waals surface area contributed by atoms with E-state index in [0.29, 0.717) is 24.7 Å². The van der Waals surface area contributed by atoms with Gasteiger partial charge in [-0.15, -0.1) is 0 Å². The molecule has 1 heterocycles. The Bertz CT molecular complexity index is 644. The molecule has 118 valence electrons. The summed E-state index contributed by atoms with van der Waals surface area (Å²) >= 11 is 0. The van der Waals surface area contributed by atoms with E-state index in [1.807, 2.05) is 6.92 Å². The summed E-state index contributed by atoms with van der Waals surface area (Å²) in [4.78, 5) is 13.9. The van der Waals surface area contributed by atoms with Crippen molar-refractivity contribution in [3.05, 3.63) is 17.0 Å². The molecule has 0 atom stereocenters. The first-order valence-corrected chi connectivity index (χ1v) is 8.65. The largest absolute Gasteiger partial charge is 0.477 e. The van der Waals surface area contributed by atoms with Gasteiger partial charge in [-0.05, 0) is 32.6 Å². The Kier molecular flexibility index (Phi) is 4.43. The van der Waals surface area contributed by atoms with Gasteiger partial charge in [-0.2, -0.15) is 4.31 Å². The summed E-state index contributed by atoms with van der Waals surface area (Å²) in [7, 11) is -3.66. The third kappa shape index (κ3) is 2.85. The standard InChI is InChI=1S/C14H22N2O4S/c1-4-16(8-11-6-5-7-11)21(19,20)13-9(2)12(14(17)18)15-10(13)3/h11,15H,4-8H2,1-3H3,(H,17,18). The molecule has 0 unspecified atom stereocenters. The molecule has 0 bridgehead atoms. The lowest BCUT2D eigenvalue weighted by Gasteiger charge is -2.31. The minimum atomic E-state index is -3.66. The molecule has 0 aliphatic heterocycles. The lowest BCUT2D eigenvalue weighted by molar-refractivity contribution is 0.0690. The molecule has 0 radical (unpaired) electrons. The van der Waals surface area contributed by atoms with Crippen molar-refractivity contribution in [1.82, 2.24) is 9.29 Å². The number of hydrogen-bond donors (Lipinski definition) is 2. The highest BCUT2D eigenvalue weighted by molar-refractivity contribution is 7.89. The second-order valence-corrected chi connectivity index (χ2v) is 7.51. The molecule has 0 spiro atoms.